The van der Waals surface area contributed by atoms with E-state index in [2.05, 4.69) is 30.0 Å². The maximum absolute atomic E-state index is 13.4. The van der Waals surface area contributed by atoms with Crippen molar-refractivity contribution in [2.45, 2.75) is 0 Å². The van der Waals surface area contributed by atoms with Crippen molar-refractivity contribution < 1.29 is 9.18 Å². The molecule has 7 heteroatoms. The Morgan fingerprint density at radius 2 is 2.10 bits per heavy atom. The number of nitrogens with zero attached hydrogens (tertiary/aromatic N) is 2. The van der Waals surface area contributed by atoms with Crippen LogP contribution in [-0.2, 0) is 0 Å². The van der Waals surface area contributed by atoms with E-state index in [1.54, 1.807) is 18.2 Å². The summed E-state index contributed by atoms with van der Waals surface area (Å²) in [4.78, 5) is 12.1. The lowest BCUT2D eigenvalue weighted by Gasteiger charge is -2.06. The van der Waals surface area contributed by atoms with Crippen LogP contribution >= 0.6 is 27.7 Å². The number of hydrogen-bond acceptors (Lipinski definition) is 4. The standard InChI is InChI=1S/C13H7BrFN3OS/c14-8-5-4-7(6-9(8)15)13(19)16-10-2-1-3-11-12(10)18-20-17-11/h1-6H,(H,16,19). The number of hydrogen-bond donors (Lipinski definition) is 1. The summed E-state index contributed by atoms with van der Waals surface area (Å²) in [5, 5.41) is 2.72. The third-order valence-electron chi connectivity index (χ3n) is 2.72. The van der Waals surface area contributed by atoms with Crippen molar-refractivity contribution in [1.82, 2.24) is 8.75 Å². The highest BCUT2D eigenvalue weighted by molar-refractivity contribution is 9.10. The van der Waals surface area contributed by atoms with Gasteiger partial charge in [0.25, 0.3) is 5.91 Å². The van der Waals surface area contributed by atoms with Crippen LogP contribution in [0.2, 0.25) is 0 Å². The van der Waals surface area contributed by atoms with Crippen LogP contribution in [0.1, 0.15) is 10.4 Å². The quantitative estimate of drug-likeness (QED) is 0.762. The van der Waals surface area contributed by atoms with E-state index in [-0.39, 0.29) is 5.56 Å². The topological polar surface area (TPSA) is 54.9 Å². The molecule has 0 aliphatic rings. The first-order valence-corrected chi connectivity index (χ1v) is 7.15. The largest absolute Gasteiger partial charge is 0.320 e. The van der Waals surface area contributed by atoms with E-state index in [0.29, 0.717) is 15.7 Å². The Morgan fingerprint density at radius 1 is 1.25 bits per heavy atom. The Balaban J connectivity index is 1.92. The fourth-order valence-corrected chi connectivity index (χ4v) is 2.54. The Bertz CT molecular complexity index is 805. The number of nitrogens with one attached hydrogen (secondary N) is 1. The van der Waals surface area contributed by atoms with Crippen molar-refractivity contribution in [1.29, 1.82) is 0 Å². The minimum Gasteiger partial charge on any atom is -0.320 e. The first kappa shape index (κ1) is 13.1. The lowest BCUT2D eigenvalue weighted by molar-refractivity contribution is 0.102. The molecule has 0 radical (unpaired) electrons. The lowest BCUT2D eigenvalue weighted by atomic mass is 10.2. The molecule has 1 heterocycles. The second-order valence-corrected chi connectivity index (χ2v) is 5.40. The van der Waals surface area contributed by atoms with Crippen molar-refractivity contribution in [2.24, 2.45) is 0 Å². The molecule has 3 aromatic rings. The van der Waals surface area contributed by atoms with E-state index in [4.69, 9.17) is 0 Å². The number of benzene rings is 2. The van der Waals surface area contributed by atoms with Crippen LogP contribution in [0.15, 0.2) is 40.9 Å². The summed E-state index contributed by atoms with van der Waals surface area (Å²) < 4.78 is 22.0. The van der Waals surface area contributed by atoms with E-state index < -0.39 is 11.7 Å². The number of carbonyl (C=O) groups is 1. The Hall–Kier alpha value is -1.86. The second kappa shape index (κ2) is 5.26. The van der Waals surface area contributed by atoms with Gasteiger partial charge >= 0.3 is 0 Å². The maximum atomic E-state index is 13.4. The van der Waals surface area contributed by atoms with Crippen LogP contribution in [0.25, 0.3) is 11.0 Å². The van der Waals surface area contributed by atoms with Crippen molar-refractivity contribution in [3.8, 4) is 0 Å². The molecule has 0 unspecified atom stereocenters. The number of aromatic nitrogens is 2. The smallest absolute Gasteiger partial charge is 0.255 e. The van der Waals surface area contributed by atoms with E-state index in [9.17, 15) is 9.18 Å². The van der Waals surface area contributed by atoms with Gasteiger partial charge < -0.3 is 5.32 Å². The van der Waals surface area contributed by atoms with Gasteiger partial charge in [0.15, 0.2) is 0 Å². The number of rotatable bonds is 2. The van der Waals surface area contributed by atoms with Gasteiger partial charge in [-0.05, 0) is 46.3 Å². The van der Waals surface area contributed by atoms with E-state index in [1.165, 1.54) is 12.1 Å². The molecule has 20 heavy (non-hydrogen) atoms. The maximum Gasteiger partial charge on any atom is 0.255 e. The number of fused-ring (bicyclic) bond motifs is 1. The van der Waals surface area contributed by atoms with Gasteiger partial charge in [0.1, 0.15) is 16.9 Å². The second-order valence-electron chi connectivity index (χ2n) is 4.02. The van der Waals surface area contributed by atoms with Gasteiger partial charge in [0.05, 0.1) is 21.9 Å². The van der Waals surface area contributed by atoms with Crippen molar-refractivity contribution in [3.05, 3.63) is 52.3 Å². The lowest BCUT2D eigenvalue weighted by Crippen LogP contribution is -2.12. The SMILES string of the molecule is O=C(Nc1cccc2nsnc12)c1ccc(Br)c(F)c1. The van der Waals surface area contributed by atoms with Crippen LogP contribution in [0.4, 0.5) is 10.1 Å². The summed E-state index contributed by atoms with van der Waals surface area (Å²) >= 11 is 4.13. The van der Waals surface area contributed by atoms with E-state index in [0.717, 1.165) is 17.2 Å². The summed E-state index contributed by atoms with van der Waals surface area (Å²) in [5.41, 5.74) is 2.15. The third kappa shape index (κ3) is 2.41. The zero-order valence-corrected chi connectivity index (χ0v) is 12.3. The molecule has 0 aliphatic heterocycles. The molecule has 0 fully saturated rings. The Kier molecular flexibility index (Phi) is 3.45. The molecule has 1 amide bonds. The molecular weight excluding hydrogens is 345 g/mol. The molecule has 1 N–H and O–H groups in total. The monoisotopic (exact) mass is 351 g/mol. The Morgan fingerprint density at radius 3 is 2.90 bits per heavy atom. The van der Waals surface area contributed by atoms with Crippen molar-refractivity contribution in [3.63, 3.8) is 0 Å². The van der Waals surface area contributed by atoms with Gasteiger partial charge in [0.2, 0.25) is 0 Å². The molecule has 4 nitrogen and oxygen atoms in total. The molecule has 1 aromatic heterocycles. The zero-order chi connectivity index (χ0) is 14.1. The van der Waals surface area contributed by atoms with Gasteiger partial charge in [-0.25, -0.2) is 4.39 Å². The summed E-state index contributed by atoms with van der Waals surface area (Å²) in [6.45, 7) is 0. The minimum atomic E-state index is -0.480. The third-order valence-corrected chi connectivity index (χ3v) is 3.90. The number of anilines is 1. The highest BCUT2D eigenvalue weighted by Gasteiger charge is 2.12. The molecule has 0 bridgehead atoms. The highest BCUT2D eigenvalue weighted by atomic mass is 79.9. The Labute approximate surface area is 126 Å². The fourth-order valence-electron chi connectivity index (χ4n) is 1.74. The average Bonchev–Trinajstić information content (AvgIpc) is 2.91. The first-order chi connectivity index (χ1) is 9.65. The molecule has 0 saturated carbocycles. The number of carbonyl (C=O) groups excluding carboxylic acids is 1. The van der Waals surface area contributed by atoms with Gasteiger partial charge in [0, 0.05) is 5.56 Å². The van der Waals surface area contributed by atoms with Gasteiger partial charge in [-0.2, -0.15) is 8.75 Å². The molecule has 100 valence electrons. The van der Waals surface area contributed by atoms with Gasteiger partial charge in [-0.15, -0.1) is 0 Å². The summed E-state index contributed by atoms with van der Waals surface area (Å²) in [6.07, 6.45) is 0. The van der Waals surface area contributed by atoms with Crippen LogP contribution in [0.3, 0.4) is 0 Å². The van der Waals surface area contributed by atoms with Crippen LogP contribution in [0.5, 0.6) is 0 Å². The number of amides is 1. The molecule has 0 atom stereocenters. The molecule has 0 aliphatic carbocycles. The average molecular weight is 352 g/mol. The van der Waals surface area contributed by atoms with E-state index in [1.807, 2.05) is 6.07 Å². The van der Waals surface area contributed by atoms with Crippen LogP contribution in [0, 0.1) is 5.82 Å². The summed E-state index contributed by atoms with van der Waals surface area (Å²) in [6, 6.07) is 9.54. The highest BCUT2D eigenvalue weighted by Crippen LogP contribution is 2.22. The molecular formula is C13H7BrFN3OS. The molecule has 0 spiro atoms. The van der Waals surface area contributed by atoms with E-state index >= 15 is 0 Å². The van der Waals surface area contributed by atoms with Gasteiger partial charge in [-0.1, -0.05) is 6.07 Å². The predicted octanol–water partition coefficient (Wildman–Crippen LogP) is 3.85. The first-order valence-electron chi connectivity index (χ1n) is 5.63. The summed E-state index contributed by atoms with van der Waals surface area (Å²) in [5.74, 6) is -0.872. The van der Waals surface area contributed by atoms with Crippen LogP contribution in [-0.4, -0.2) is 14.7 Å². The fraction of sp³-hybridized carbons (Fsp3) is 0. The number of halogens is 2. The normalized spacial score (nSPS) is 10.7. The van der Waals surface area contributed by atoms with Crippen molar-refractivity contribution in [2.75, 3.05) is 5.32 Å². The predicted molar refractivity (Wildman–Crippen MR) is 79.5 cm³/mol. The zero-order valence-electron chi connectivity index (χ0n) is 9.93. The molecule has 2 aromatic carbocycles. The summed E-state index contributed by atoms with van der Waals surface area (Å²) in [7, 11) is 0. The van der Waals surface area contributed by atoms with Crippen molar-refractivity contribution >= 4 is 50.3 Å². The molecule has 3 rings (SSSR count). The van der Waals surface area contributed by atoms with Gasteiger partial charge in [-0.3, -0.25) is 4.79 Å². The molecule has 0 saturated heterocycles. The minimum absolute atomic E-state index is 0.242. The van der Waals surface area contributed by atoms with Crippen LogP contribution < -0.4 is 5.32 Å².